The highest BCUT2D eigenvalue weighted by atomic mass is 19.1. The van der Waals surface area contributed by atoms with Gasteiger partial charge in [-0.05, 0) is 38.4 Å². The molecular formula is C16H24FNO2. The fourth-order valence-corrected chi connectivity index (χ4v) is 2.10. The zero-order valence-electron chi connectivity index (χ0n) is 12.5. The third-order valence-corrected chi connectivity index (χ3v) is 3.69. The van der Waals surface area contributed by atoms with Gasteiger partial charge in [0, 0.05) is 18.2 Å². The maximum absolute atomic E-state index is 14.0. The summed E-state index contributed by atoms with van der Waals surface area (Å²) in [5.41, 5.74) is 0.557. The fourth-order valence-electron chi connectivity index (χ4n) is 2.10. The van der Waals surface area contributed by atoms with Crippen molar-refractivity contribution in [2.75, 3.05) is 6.54 Å². The molecule has 1 unspecified atom stereocenters. The first-order valence-corrected chi connectivity index (χ1v) is 7.25. The van der Waals surface area contributed by atoms with Crippen LogP contribution < -0.4 is 0 Å². The smallest absolute Gasteiger partial charge is 0.335 e. The third-order valence-electron chi connectivity index (χ3n) is 3.69. The highest BCUT2D eigenvalue weighted by molar-refractivity contribution is 5.87. The first-order valence-electron chi connectivity index (χ1n) is 7.25. The van der Waals surface area contributed by atoms with Crippen LogP contribution in [0.15, 0.2) is 18.2 Å². The lowest BCUT2D eigenvalue weighted by Gasteiger charge is -2.28. The predicted molar refractivity (Wildman–Crippen MR) is 78.4 cm³/mol. The molecule has 1 N–H and O–H groups in total. The van der Waals surface area contributed by atoms with Gasteiger partial charge in [0.05, 0.1) is 5.56 Å². The van der Waals surface area contributed by atoms with E-state index in [1.165, 1.54) is 6.07 Å². The molecule has 0 amide bonds. The number of carboxylic acid groups (broad SMARTS) is 1. The van der Waals surface area contributed by atoms with Gasteiger partial charge in [0.15, 0.2) is 0 Å². The standard InChI is InChI=1S/C16H24FNO2/c1-4-6-9-18(12(3)5-2)11-14-8-7-13(16(19)20)10-15(14)17/h7-8,10,12H,4-6,9,11H2,1-3H3,(H,19,20). The monoisotopic (exact) mass is 281 g/mol. The second-order valence-corrected chi connectivity index (χ2v) is 5.19. The Bertz CT molecular complexity index is 448. The number of nitrogens with zero attached hydrogens (tertiary/aromatic N) is 1. The van der Waals surface area contributed by atoms with E-state index in [1.54, 1.807) is 6.07 Å². The number of benzene rings is 1. The Kier molecular flexibility index (Phi) is 6.65. The van der Waals surface area contributed by atoms with Gasteiger partial charge < -0.3 is 5.11 Å². The van der Waals surface area contributed by atoms with Gasteiger partial charge in [-0.25, -0.2) is 9.18 Å². The molecule has 0 saturated carbocycles. The molecule has 0 aliphatic heterocycles. The Morgan fingerprint density at radius 3 is 2.60 bits per heavy atom. The molecule has 0 fully saturated rings. The number of carboxylic acids is 1. The normalized spacial score (nSPS) is 12.7. The molecule has 0 saturated heterocycles. The van der Waals surface area contributed by atoms with E-state index in [9.17, 15) is 9.18 Å². The molecule has 0 aliphatic rings. The van der Waals surface area contributed by atoms with E-state index in [1.807, 2.05) is 0 Å². The Morgan fingerprint density at radius 1 is 1.40 bits per heavy atom. The molecule has 1 aromatic carbocycles. The summed E-state index contributed by atoms with van der Waals surface area (Å²) in [4.78, 5) is 13.1. The third kappa shape index (κ3) is 4.60. The molecule has 3 nitrogen and oxygen atoms in total. The highest BCUT2D eigenvalue weighted by Gasteiger charge is 2.15. The van der Waals surface area contributed by atoms with Crippen LogP contribution in [0.25, 0.3) is 0 Å². The van der Waals surface area contributed by atoms with Crippen LogP contribution in [0.3, 0.4) is 0 Å². The minimum atomic E-state index is -1.10. The Labute approximate surface area is 120 Å². The number of aromatic carboxylic acids is 1. The van der Waals surface area contributed by atoms with Crippen LogP contribution in [-0.2, 0) is 6.54 Å². The fraction of sp³-hybridized carbons (Fsp3) is 0.562. The van der Waals surface area contributed by atoms with Gasteiger partial charge in [0.1, 0.15) is 5.82 Å². The second-order valence-electron chi connectivity index (χ2n) is 5.19. The van der Waals surface area contributed by atoms with E-state index < -0.39 is 11.8 Å². The van der Waals surface area contributed by atoms with Gasteiger partial charge in [-0.1, -0.05) is 26.3 Å². The summed E-state index contributed by atoms with van der Waals surface area (Å²) >= 11 is 0. The number of halogens is 1. The van der Waals surface area contributed by atoms with Gasteiger partial charge in [-0.2, -0.15) is 0 Å². The van der Waals surface area contributed by atoms with E-state index >= 15 is 0 Å². The molecule has 0 bridgehead atoms. The summed E-state index contributed by atoms with van der Waals surface area (Å²) in [6, 6.07) is 4.54. The molecule has 0 spiro atoms. The van der Waals surface area contributed by atoms with Gasteiger partial charge in [0.2, 0.25) is 0 Å². The highest BCUT2D eigenvalue weighted by Crippen LogP contribution is 2.16. The van der Waals surface area contributed by atoms with Crippen LogP contribution in [0, 0.1) is 5.82 Å². The van der Waals surface area contributed by atoms with E-state index in [0.717, 1.165) is 31.9 Å². The lowest BCUT2D eigenvalue weighted by atomic mass is 10.1. The quantitative estimate of drug-likeness (QED) is 0.785. The number of carbonyl (C=O) groups is 1. The van der Waals surface area contributed by atoms with Crippen molar-refractivity contribution in [1.82, 2.24) is 4.90 Å². The largest absolute Gasteiger partial charge is 0.478 e. The minimum Gasteiger partial charge on any atom is -0.478 e. The molecule has 0 heterocycles. The van der Waals surface area contributed by atoms with Crippen molar-refractivity contribution in [2.45, 2.75) is 52.6 Å². The summed E-state index contributed by atoms with van der Waals surface area (Å²) in [7, 11) is 0. The van der Waals surface area contributed by atoms with Crippen molar-refractivity contribution in [1.29, 1.82) is 0 Å². The Morgan fingerprint density at radius 2 is 2.10 bits per heavy atom. The summed E-state index contributed by atoms with van der Waals surface area (Å²) in [6.45, 7) is 7.86. The maximum Gasteiger partial charge on any atom is 0.335 e. The average Bonchev–Trinajstić information content (AvgIpc) is 2.43. The SMILES string of the molecule is CCCCN(Cc1ccc(C(=O)O)cc1F)C(C)CC. The van der Waals surface area contributed by atoms with Crippen LogP contribution in [0.1, 0.15) is 56.0 Å². The van der Waals surface area contributed by atoms with Crippen LogP contribution in [0.4, 0.5) is 4.39 Å². The number of rotatable bonds is 8. The van der Waals surface area contributed by atoms with Gasteiger partial charge >= 0.3 is 5.97 Å². The molecule has 1 atom stereocenters. The minimum absolute atomic E-state index is 0.00472. The Hall–Kier alpha value is -1.42. The van der Waals surface area contributed by atoms with Crippen molar-refractivity contribution in [3.8, 4) is 0 Å². The van der Waals surface area contributed by atoms with Gasteiger partial charge in [-0.3, -0.25) is 4.90 Å². The van der Waals surface area contributed by atoms with Crippen molar-refractivity contribution >= 4 is 5.97 Å². The lowest BCUT2D eigenvalue weighted by Crippen LogP contribution is -2.33. The molecule has 4 heteroatoms. The lowest BCUT2D eigenvalue weighted by molar-refractivity contribution is 0.0696. The van der Waals surface area contributed by atoms with Crippen LogP contribution in [0.2, 0.25) is 0 Å². The first kappa shape index (κ1) is 16.6. The number of unbranched alkanes of at least 4 members (excludes halogenated alkanes) is 1. The Balaban J connectivity index is 2.84. The first-order chi connectivity index (χ1) is 9.49. The second kappa shape index (κ2) is 8.00. The summed E-state index contributed by atoms with van der Waals surface area (Å²) < 4.78 is 14.0. The van der Waals surface area contributed by atoms with E-state index in [4.69, 9.17) is 5.11 Å². The van der Waals surface area contributed by atoms with E-state index in [0.29, 0.717) is 18.2 Å². The van der Waals surface area contributed by atoms with Gasteiger partial charge in [-0.15, -0.1) is 0 Å². The van der Waals surface area contributed by atoms with Crippen LogP contribution >= 0.6 is 0 Å². The molecule has 0 aromatic heterocycles. The topological polar surface area (TPSA) is 40.5 Å². The molecule has 1 rings (SSSR count). The molecule has 1 aromatic rings. The predicted octanol–water partition coefficient (Wildman–Crippen LogP) is 3.92. The zero-order valence-corrected chi connectivity index (χ0v) is 12.5. The van der Waals surface area contributed by atoms with Crippen molar-refractivity contribution < 1.29 is 14.3 Å². The maximum atomic E-state index is 14.0. The van der Waals surface area contributed by atoms with Crippen LogP contribution in [0.5, 0.6) is 0 Å². The van der Waals surface area contributed by atoms with Crippen molar-refractivity contribution in [3.05, 3.63) is 35.1 Å². The van der Waals surface area contributed by atoms with Gasteiger partial charge in [0.25, 0.3) is 0 Å². The summed E-state index contributed by atoms with van der Waals surface area (Å²) in [5, 5.41) is 8.85. The number of hydrogen-bond donors (Lipinski definition) is 1. The van der Waals surface area contributed by atoms with Crippen molar-refractivity contribution in [2.24, 2.45) is 0 Å². The van der Waals surface area contributed by atoms with E-state index in [-0.39, 0.29) is 5.56 Å². The zero-order chi connectivity index (χ0) is 15.1. The van der Waals surface area contributed by atoms with E-state index in [2.05, 4.69) is 25.7 Å². The molecule has 20 heavy (non-hydrogen) atoms. The number of hydrogen-bond acceptors (Lipinski definition) is 2. The molecule has 0 radical (unpaired) electrons. The van der Waals surface area contributed by atoms with Crippen molar-refractivity contribution in [3.63, 3.8) is 0 Å². The summed E-state index contributed by atoms with van der Waals surface area (Å²) in [5.74, 6) is -1.53. The summed E-state index contributed by atoms with van der Waals surface area (Å²) in [6.07, 6.45) is 3.20. The van der Waals surface area contributed by atoms with Crippen LogP contribution in [-0.4, -0.2) is 28.6 Å². The average molecular weight is 281 g/mol. The molecular weight excluding hydrogens is 257 g/mol. The molecule has 112 valence electrons. The molecule has 0 aliphatic carbocycles.